The molecule has 0 unspecified atom stereocenters. The normalized spacial score (nSPS) is 9.40. The summed E-state index contributed by atoms with van der Waals surface area (Å²) in [4.78, 5) is 11.2. The third kappa shape index (κ3) is 4.31. The number of amides is 1. The molecule has 0 aliphatic rings. The van der Waals surface area contributed by atoms with E-state index in [-0.39, 0.29) is 12.5 Å². The molecule has 0 saturated carbocycles. The van der Waals surface area contributed by atoms with Crippen LogP contribution in [0.4, 0.5) is 5.69 Å². The first-order chi connectivity index (χ1) is 7.22. The fourth-order valence-electron chi connectivity index (χ4n) is 1.10. The number of anilines is 1. The maximum absolute atomic E-state index is 11.2. The minimum absolute atomic E-state index is 0.0320. The molecule has 0 spiro atoms. The molecule has 3 heteroatoms. The third-order valence-corrected chi connectivity index (χ3v) is 1.95. The summed E-state index contributed by atoms with van der Waals surface area (Å²) in [5.74, 6) is -0.0320. The highest BCUT2D eigenvalue weighted by Crippen LogP contribution is 2.07. The fraction of sp³-hybridized carbons (Fsp3) is 0.250. The molecule has 0 atom stereocenters. The average Bonchev–Trinajstić information content (AvgIpc) is 2.25. The number of rotatable bonds is 5. The minimum atomic E-state index is -0.0320. The van der Waals surface area contributed by atoms with E-state index >= 15 is 0 Å². The zero-order valence-electron chi connectivity index (χ0n) is 8.92. The summed E-state index contributed by atoms with van der Waals surface area (Å²) in [6.07, 6.45) is 1.66. The van der Waals surface area contributed by atoms with Gasteiger partial charge in [0.15, 0.2) is 0 Å². The van der Waals surface area contributed by atoms with Gasteiger partial charge < -0.3 is 10.6 Å². The zero-order chi connectivity index (χ0) is 11.1. The van der Waals surface area contributed by atoms with E-state index in [9.17, 15) is 4.79 Å². The van der Waals surface area contributed by atoms with Gasteiger partial charge in [-0.3, -0.25) is 4.79 Å². The monoisotopic (exact) mass is 204 g/mol. The van der Waals surface area contributed by atoms with Crippen molar-refractivity contribution in [3.63, 3.8) is 0 Å². The van der Waals surface area contributed by atoms with Crippen molar-refractivity contribution in [1.29, 1.82) is 0 Å². The van der Waals surface area contributed by atoms with Gasteiger partial charge in [0.1, 0.15) is 0 Å². The molecule has 1 aromatic carbocycles. The van der Waals surface area contributed by atoms with Crippen molar-refractivity contribution in [3.05, 3.63) is 42.5 Å². The van der Waals surface area contributed by atoms with E-state index in [1.165, 1.54) is 5.56 Å². The number of aryl methyl sites for hydroxylation is 1. The Morgan fingerprint density at radius 2 is 2.07 bits per heavy atom. The summed E-state index contributed by atoms with van der Waals surface area (Å²) >= 11 is 0. The maximum Gasteiger partial charge on any atom is 0.239 e. The van der Waals surface area contributed by atoms with Crippen molar-refractivity contribution in [2.45, 2.75) is 6.92 Å². The SMILES string of the molecule is C=CCNC(=O)CNc1ccc(C)cc1. The van der Waals surface area contributed by atoms with E-state index in [1.54, 1.807) is 6.08 Å². The Morgan fingerprint density at radius 3 is 2.67 bits per heavy atom. The molecule has 80 valence electrons. The Labute approximate surface area is 90.2 Å². The summed E-state index contributed by atoms with van der Waals surface area (Å²) < 4.78 is 0. The molecule has 0 fully saturated rings. The summed E-state index contributed by atoms with van der Waals surface area (Å²) in [5.41, 5.74) is 2.16. The van der Waals surface area contributed by atoms with Crippen molar-refractivity contribution in [2.24, 2.45) is 0 Å². The smallest absolute Gasteiger partial charge is 0.239 e. The van der Waals surface area contributed by atoms with Gasteiger partial charge >= 0.3 is 0 Å². The molecular weight excluding hydrogens is 188 g/mol. The number of nitrogens with one attached hydrogen (secondary N) is 2. The Kier molecular flexibility index (Phi) is 4.41. The van der Waals surface area contributed by atoms with E-state index in [0.717, 1.165) is 5.69 Å². The van der Waals surface area contributed by atoms with Crippen molar-refractivity contribution in [3.8, 4) is 0 Å². The van der Waals surface area contributed by atoms with E-state index < -0.39 is 0 Å². The largest absolute Gasteiger partial charge is 0.376 e. The van der Waals surface area contributed by atoms with E-state index in [0.29, 0.717) is 6.54 Å². The number of carbonyl (C=O) groups is 1. The molecule has 0 aliphatic carbocycles. The van der Waals surface area contributed by atoms with Crippen molar-refractivity contribution >= 4 is 11.6 Å². The molecule has 0 heterocycles. The summed E-state index contributed by atoms with van der Waals surface area (Å²) in [5, 5.41) is 5.73. The molecule has 1 rings (SSSR count). The van der Waals surface area contributed by atoms with Gasteiger partial charge in [0.25, 0.3) is 0 Å². The molecule has 0 bridgehead atoms. The molecule has 3 nitrogen and oxygen atoms in total. The highest BCUT2D eigenvalue weighted by atomic mass is 16.1. The summed E-state index contributed by atoms with van der Waals surface area (Å²) in [7, 11) is 0. The second-order valence-corrected chi connectivity index (χ2v) is 3.31. The van der Waals surface area contributed by atoms with Crippen LogP contribution in [-0.2, 0) is 4.79 Å². The molecule has 1 amide bonds. The van der Waals surface area contributed by atoms with Crippen LogP contribution >= 0.6 is 0 Å². The highest BCUT2D eigenvalue weighted by Gasteiger charge is 1.98. The zero-order valence-corrected chi connectivity index (χ0v) is 8.92. The van der Waals surface area contributed by atoms with Crippen LogP contribution in [0.1, 0.15) is 5.56 Å². The van der Waals surface area contributed by atoms with Crippen LogP contribution in [0.5, 0.6) is 0 Å². The van der Waals surface area contributed by atoms with E-state index in [4.69, 9.17) is 0 Å². The molecule has 1 aromatic rings. The van der Waals surface area contributed by atoms with Crippen LogP contribution < -0.4 is 10.6 Å². The Morgan fingerprint density at radius 1 is 1.40 bits per heavy atom. The summed E-state index contributed by atoms with van der Waals surface area (Å²) in [6.45, 7) is 6.35. The van der Waals surface area contributed by atoms with Gasteiger partial charge in [-0.1, -0.05) is 23.8 Å². The molecule has 0 aliphatic heterocycles. The van der Waals surface area contributed by atoms with Crippen molar-refractivity contribution < 1.29 is 4.79 Å². The quantitative estimate of drug-likeness (QED) is 0.717. The highest BCUT2D eigenvalue weighted by molar-refractivity contribution is 5.80. The molecule has 2 N–H and O–H groups in total. The molecule has 0 saturated heterocycles. The lowest BCUT2D eigenvalue weighted by Gasteiger charge is -2.06. The number of hydrogen-bond donors (Lipinski definition) is 2. The Balaban J connectivity index is 2.33. The second-order valence-electron chi connectivity index (χ2n) is 3.31. The lowest BCUT2D eigenvalue weighted by molar-refractivity contribution is -0.119. The first-order valence-electron chi connectivity index (χ1n) is 4.90. The van der Waals surface area contributed by atoms with Gasteiger partial charge in [0.05, 0.1) is 6.54 Å². The van der Waals surface area contributed by atoms with Crippen LogP contribution in [0.2, 0.25) is 0 Å². The van der Waals surface area contributed by atoms with Crippen LogP contribution in [0.15, 0.2) is 36.9 Å². The van der Waals surface area contributed by atoms with Crippen LogP contribution in [-0.4, -0.2) is 19.0 Å². The Bertz CT molecular complexity index is 330. The lowest BCUT2D eigenvalue weighted by atomic mass is 10.2. The standard InChI is InChI=1S/C12H16N2O/c1-3-8-13-12(15)9-14-11-6-4-10(2)5-7-11/h3-7,14H,1,8-9H2,2H3,(H,13,15). The number of benzene rings is 1. The molecule has 0 aromatic heterocycles. The fourth-order valence-corrected chi connectivity index (χ4v) is 1.10. The van der Waals surface area contributed by atoms with E-state index in [2.05, 4.69) is 17.2 Å². The van der Waals surface area contributed by atoms with E-state index in [1.807, 2.05) is 31.2 Å². The van der Waals surface area contributed by atoms with Gasteiger partial charge in [-0.05, 0) is 19.1 Å². The summed E-state index contributed by atoms with van der Waals surface area (Å²) in [6, 6.07) is 7.92. The predicted octanol–water partition coefficient (Wildman–Crippen LogP) is 1.71. The van der Waals surface area contributed by atoms with Gasteiger partial charge in [0, 0.05) is 12.2 Å². The predicted molar refractivity (Wildman–Crippen MR) is 62.9 cm³/mol. The molecule has 0 radical (unpaired) electrons. The molecule has 15 heavy (non-hydrogen) atoms. The van der Waals surface area contributed by atoms with Crippen LogP contribution in [0, 0.1) is 6.92 Å². The van der Waals surface area contributed by atoms with Crippen molar-refractivity contribution in [1.82, 2.24) is 5.32 Å². The third-order valence-electron chi connectivity index (χ3n) is 1.95. The van der Waals surface area contributed by atoms with Gasteiger partial charge in [-0.2, -0.15) is 0 Å². The topological polar surface area (TPSA) is 41.1 Å². The van der Waals surface area contributed by atoms with Crippen molar-refractivity contribution in [2.75, 3.05) is 18.4 Å². The minimum Gasteiger partial charge on any atom is -0.376 e. The molecular formula is C12H16N2O. The average molecular weight is 204 g/mol. The van der Waals surface area contributed by atoms with Crippen LogP contribution in [0.25, 0.3) is 0 Å². The second kappa shape index (κ2) is 5.86. The first-order valence-corrected chi connectivity index (χ1v) is 4.90. The lowest BCUT2D eigenvalue weighted by Crippen LogP contribution is -2.29. The van der Waals surface area contributed by atoms with Gasteiger partial charge in [-0.15, -0.1) is 6.58 Å². The number of hydrogen-bond acceptors (Lipinski definition) is 2. The van der Waals surface area contributed by atoms with Gasteiger partial charge in [-0.25, -0.2) is 0 Å². The number of carbonyl (C=O) groups excluding carboxylic acids is 1. The maximum atomic E-state index is 11.2. The van der Waals surface area contributed by atoms with Gasteiger partial charge in [0.2, 0.25) is 5.91 Å². The first kappa shape index (κ1) is 11.3. The Hall–Kier alpha value is -1.77. The van der Waals surface area contributed by atoms with Crippen LogP contribution in [0.3, 0.4) is 0 Å².